The molecule has 0 spiro atoms. The Balaban J connectivity index is 1.69. The zero-order chi connectivity index (χ0) is 26.9. The summed E-state index contributed by atoms with van der Waals surface area (Å²) in [6.45, 7) is 3.85. The van der Waals surface area contributed by atoms with Crippen molar-refractivity contribution in [1.29, 1.82) is 0 Å². The SMILES string of the molecule is O=Nc1c2cc(S(=O)(=O)N3CCCNCC3)ccc2c(NO)c2ccc(S(=O)(=O)N3CCCNCC3)cc12. The first kappa shape index (κ1) is 26.9. The topological polar surface area (TPSA) is 161 Å². The summed E-state index contributed by atoms with van der Waals surface area (Å²) in [6.07, 6.45) is 1.34. The van der Waals surface area contributed by atoms with Gasteiger partial charge in [0, 0.05) is 60.8 Å². The number of nitrogens with zero attached hydrogens (tertiary/aromatic N) is 3. The van der Waals surface area contributed by atoms with Crippen molar-refractivity contribution in [3.63, 3.8) is 0 Å². The van der Waals surface area contributed by atoms with Crippen molar-refractivity contribution in [3.05, 3.63) is 41.3 Å². The molecule has 0 aliphatic carbocycles. The molecule has 2 aliphatic heterocycles. The Morgan fingerprint density at radius 1 is 0.711 bits per heavy atom. The van der Waals surface area contributed by atoms with Crippen molar-refractivity contribution in [3.8, 4) is 0 Å². The van der Waals surface area contributed by atoms with Crippen LogP contribution >= 0.6 is 0 Å². The maximum atomic E-state index is 13.4. The minimum absolute atomic E-state index is 0.0131. The molecule has 3 aromatic carbocycles. The number of anilines is 1. The van der Waals surface area contributed by atoms with Crippen LogP contribution in [0.4, 0.5) is 11.4 Å². The smallest absolute Gasteiger partial charge is 0.243 e. The third-order valence-corrected chi connectivity index (χ3v) is 10.9. The molecule has 3 aromatic rings. The lowest BCUT2D eigenvalue weighted by Gasteiger charge is -2.21. The number of benzene rings is 3. The Morgan fingerprint density at radius 3 is 1.61 bits per heavy atom. The van der Waals surface area contributed by atoms with Gasteiger partial charge in [0.15, 0.2) is 0 Å². The predicted molar refractivity (Wildman–Crippen MR) is 145 cm³/mol. The van der Waals surface area contributed by atoms with E-state index in [0.29, 0.717) is 62.9 Å². The molecule has 0 bridgehead atoms. The molecular formula is C24H30N6O6S2. The summed E-state index contributed by atoms with van der Waals surface area (Å²) in [5.74, 6) is 0. The molecule has 0 aromatic heterocycles. The van der Waals surface area contributed by atoms with Gasteiger partial charge in [0.05, 0.1) is 15.5 Å². The molecule has 2 heterocycles. The van der Waals surface area contributed by atoms with Crippen LogP contribution in [0.3, 0.4) is 0 Å². The largest absolute Gasteiger partial charge is 0.315 e. The summed E-state index contributed by atoms with van der Waals surface area (Å²) in [4.78, 5) is 12.2. The fraction of sp³-hybridized carbons (Fsp3) is 0.417. The monoisotopic (exact) mass is 562 g/mol. The molecule has 2 aliphatic rings. The molecule has 0 atom stereocenters. The van der Waals surface area contributed by atoms with Crippen LogP contribution in [0.25, 0.3) is 21.5 Å². The van der Waals surface area contributed by atoms with Gasteiger partial charge in [-0.15, -0.1) is 4.91 Å². The number of rotatable bonds is 6. The van der Waals surface area contributed by atoms with Gasteiger partial charge in [-0.3, -0.25) is 10.7 Å². The minimum atomic E-state index is -3.87. The molecule has 38 heavy (non-hydrogen) atoms. The van der Waals surface area contributed by atoms with Gasteiger partial charge in [-0.2, -0.15) is 8.61 Å². The molecule has 5 rings (SSSR count). The van der Waals surface area contributed by atoms with E-state index >= 15 is 0 Å². The van der Waals surface area contributed by atoms with Crippen molar-refractivity contribution in [2.24, 2.45) is 5.18 Å². The van der Waals surface area contributed by atoms with Gasteiger partial charge < -0.3 is 10.6 Å². The molecule has 0 unspecified atom stereocenters. The van der Waals surface area contributed by atoms with Gasteiger partial charge in [0.1, 0.15) is 5.69 Å². The lowest BCUT2D eigenvalue weighted by molar-refractivity contribution is 0.390. The molecular weight excluding hydrogens is 532 g/mol. The van der Waals surface area contributed by atoms with E-state index in [2.05, 4.69) is 21.3 Å². The van der Waals surface area contributed by atoms with Crippen LogP contribution in [-0.2, 0) is 20.0 Å². The summed E-state index contributed by atoms with van der Waals surface area (Å²) < 4.78 is 56.5. The average Bonchev–Trinajstić information content (AvgIpc) is 3.38. The van der Waals surface area contributed by atoms with Crippen molar-refractivity contribution in [2.45, 2.75) is 22.6 Å². The molecule has 14 heteroatoms. The third-order valence-electron chi connectivity index (χ3n) is 7.11. The highest BCUT2D eigenvalue weighted by atomic mass is 32.2. The second-order valence-electron chi connectivity index (χ2n) is 9.36. The highest BCUT2D eigenvalue weighted by Crippen LogP contribution is 2.43. The van der Waals surface area contributed by atoms with Crippen molar-refractivity contribution in [1.82, 2.24) is 19.2 Å². The number of nitrogens with one attached hydrogen (secondary N) is 3. The highest BCUT2D eigenvalue weighted by Gasteiger charge is 2.28. The van der Waals surface area contributed by atoms with E-state index in [4.69, 9.17) is 0 Å². The fourth-order valence-electron chi connectivity index (χ4n) is 5.13. The zero-order valence-electron chi connectivity index (χ0n) is 20.7. The summed E-state index contributed by atoms with van der Waals surface area (Å²) in [6, 6.07) is 8.62. The second-order valence-corrected chi connectivity index (χ2v) is 13.2. The number of fused-ring (bicyclic) bond motifs is 2. The summed E-state index contributed by atoms with van der Waals surface area (Å²) in [5, 5.41) is 20.7. The first-order chi connectivity index (χ1) is 18.3. The van der Waals surface area contributed by atoms with Gasteiger partial charge in [0.25, 0.3) is 0 Å². The van der Waals surface area contributed by atoms with E-state index in [9.17, 15) is 26.9 Å². The first-order valence-electron chi connectivity index (χ1n) is 12.5. The maximum Gasteiger partial charge on any atom is 0.243 e. The molecule has 0 amide bonds. The molecule has 0 saturated carbocycles. The quantitative estimate of drug-likeness (QED) is 0.200. The Morgan fingerprint density at radius 2 is 1.18 bits per heavy atom. The fourth-order valence-corrected chi connectivity index (χ4v) is 8.14. The molecule has 2 fully saturated rings. The second kappa shape index (κ2) is 10.8. The first-order valence-corrected chi connectivity index (χ1v) is 15.4. The molecule has 12 nitrogen and oxygen atoms in total. The number of hydrogen-bond donors (Lipinski definition) is 4. The number of sulfonamides is 2. The van der Waals surface area contributed by atoms with Crippen LogP contribution in [0.5, 0.6) is 0 Å². The van der Waals surface area contributed by atoms with Gasteiger partial charge in [0.2, 0.25) is 20.0 Å². The molecule has 0 radical (unpaired) electrons. The molecule has 204 valence electrons. The minimum Gasteiger partial charge on any atom is -0.315 e. The molecule has 2 saturated heterocycles. The van der Waals surface area contributed by atoms with Crippen LogP contribution < -0.4 is 16.1 Å². The Bertz CT molecular complexity index is 1470. The van der Waals surface area contributed by atoms with Crippen LogP contribution in [0.1, 0.15) is 12.8 Å². The molecule has 4 N–H and O–H groups in total. The normalized spacial score (nSPS) is 18.8. The lowest BCUT2D eigenvalue weighted by Crippen LogP contribution is -2.34. The number of nitroso groups, excluding NO2 is 1. The number of hydrogen-bond acceptors (Lipinski definition) is 10. The van der Waals surface area contributed by atoms with E-state index < -0.39 is 20.0 Å². The van der Waals surface area contributed by atoms with Gasteiger partial charge >= 0.3 is 0 Å². The van der Waals surface area contributed by atoms with E-state index in [0.717, 1.165) is 13.1 Å². The van der Waals surface area contributed by atoms with Crippen LogP contribution in [0.2, 0.25) is 0 Å². The van der Waals surface area contributed by atoms with E-state index in [-0.39, 0.29) is 31.9 Å². The highest BCUT2D eigenvalue weighted by molar-refractivity contribution is 7.89. The third kappa shape index (κ3) is 4.77. The van der Waals surface area contributed by atoms with E-state index in [1.54, 1.807) is 0 Å². The average molecular weight is 563 g/mol. The zero-order valence-corrected chi connectivity index (χ0v) is 22.3. The van der Waals surface area contributed by atoms with E-state index in [1.807, 2.05) is 0 Å². The Labute approximate surface area is 221 Å². The van der Waals surface area contributed by atoms with Crippen molar-refractivity contribution in [2.75, 3.05) is 57.8 Å². The lowest BCUT2D eigenvalue weighted by atomic mass is 9.99. The van der Waals surface area contributed by atoms with Gasteiger partial charge in [-0.05, 0) is 55.4 Å². The predicted octanol–water partition coefficient (Wildman–Crippen LogP) is 2.16. The summed E-state index contributed by atoms with van der Waals surface area (Å²) in [7, 11) is -7.73. The van der Waals surface area contributed by atoms with Crippen LogP contribution in [0, 0.1) is 4.91 Å². The van der Waals surface area contributed by atoms with Crippen molar-refractivity contribution < 1.29 is 22.0 Å². The maximum absolute atomic E-state index is 13.4. The Hall–Kier alpha value is -2.72. The van der Waals surface area contributed by atoms with Gasteiger partial charge in [-0.1, -0.05) is 12.1 Å². The Kier molecular flexibility index (Phi) is 7.64. The van der Waals surface area contributed by atoms with Crippen molar-refractivity contribution >= 4 is 53.0 Å². The summed E-state index contributed by atoms with van der Waals surface area (Å²) in [5.41, 5.74) is 2.26. The van der Waals surface area contributed by atoms with Gasteiger partial charge in [-0.25, -0.2) is 16.8 Å². The standard InChI is InChI=1S/C24H30N6O6S2/c31-27-23-19-5-3-17(37(33,34)29-11-1-7-25-9-13-29)15-21(19)24(28-32)22-16-18(4-6-20(22)23)38(35,36)30-12-2-8-26-10-14-30/h3-6,15-16,25-27,31H,1-2,7-14H2. The van der Waals surface area contributed by atoms with Crippen LogP contribution in [0.15, 0.2) is 51.4 Å². The van der Waals surface area contributed by atoms with E-state index in [1.165, 1.54) is 45.0 Å². The van der Waals surface area contributed by atoms with Crippen LogP contribution in [-0.4, -0.2) is 83.0 Å². The summed E-state index contributed by atoms with van der Waals surface area (Å²) >= 11 is 0.